The molecule has 298 valence electrons. The minimum atomic E-state index is 0.511. The first kappa shape index (κ1) is 49.3. The summed E-state index contributed by atoms with van der Waals surface area (Å²) in [6.45, 7) is 1.51. The quantitative estimate of drug-likeness (QED) is 0.0507. The van der Waals surface area contributed by atoms with Crippen LogP contribution in [0.1, 0.15) is 276 Å². The van der Waals surface area contributed by atoms with Gasteiger partial charge in [0.2, 0.25) is 0 Å². The van der Waals surface area contributed by atoms with E-state index in [9.17, 15) is 9.59 Å². The highest BCUT2D eigenvalue weighted by Gasteiger charge is 1.98. The summed E-state index contributed by atoms with van der Waals surface area (Å²) in [5, 5.41) is 3.15. The molecule has 0 rings (SSSR count). The van der Waals surface area contributed by atoms with E-state index in [2.05, 4.69) is 5.32 Å². The molecule has 0 unspecified atom stereocenters. The van der Waals surface area contributed by atoms with Crippen molar-refractivity contribution in [3.63, 3.8) is 0 Å². The number of carbonyl (C=O) groups is 2. The van der Waals surface area contributed by atoms with Gasteiger partial charge in [-0.1, -0.05) is 257 Å². The first-order valence-electron chi connectivity index (χ1n) is 23.5. The predicted molar refractivity (Wildman–Crippen MR) is 224 cm³/mol. The molecule has 3 heteroatoms. The van der Waals surface area contributed by atoms with Crippen molar-refractivity contribution in [2.24, 2.45) is 0 Å². The zero-order valence-corrected chi connectivity index (χ0v) is 34.3. The minimum absolute atomic E-state index is 0.511. The second-order valence-corrected chi connectivity index (χ2v) is 16.2. The Morgan fingerprint density at radius 1 is 0.220 bits per heavy atom. The molecule has 0 aliphatic heterocycles. The lowest BCUT2D eigenvalue weighted by molar-refractivity contribution is -0.108. The van der Waals surface area contributed by atoms with E-state index in [-0.39, 0.29) is 0 Å². The van der Waals surface area contributed by atoms with Crippen molar-refractivity contribution >= 4 is 12.6 Å². The van der Waals surface area contributed by atoms with Crippen molar-refractivity contribution in [3.8, 4) is 0 Å². The molecular formula is C47H93NO2. The fourth-order valence-electron chi connectivity index (χ4n) is 7.71. The molecule has 50 heavy (non-hydrogen) atoms. The first-order valence-corrected chi connectivity index (χ1v) is 23.5. The van der Waals surface area contributed by atoms with E-state index in [1.807, 2.05) is 0 Å². The van der Waals surface area contributed by atoms with Gasteiger partial charge in [0.05, 0.1) is 6.54 Å². The zero-order chi connectivity index (χ0) is 35.9. The Kier molecular flexibility index (Phi) is 47.6. The maximum absolute atomic E-state index is 10.3. The molecule has 0 aliphatic rings. The lowest BCUT2D eigenvalue weighted by Gasteiger charge is -2.05. The third kappa shape index (κ3) is 47.3. The molecule has 0 spiro atoms. The summed E-state index contributed by atoms with van der Waals surface area (Å²) in [4.78, 5) is 20.6. The largest absolute Gasteiger partial charge is 0.310 e. The summed E-state index contributed by atoms with van der Waals surface area (Å²) in [5.41, 5.74) is 0. The van der Waals surface area contributed by atoms with Gasteiger partial charge in [-0.3, -0.25) is 0 Å². The van der Waals surface area contributed by atoms with Crippen LogP contribution < -0.4 is 5.32 Å². The van der Waals surface area contributed by atoms with Crippen LogP contribution in [0.2, 0.25) is 0 Å². The van der Waals surface area contributed by atoms with E-state index in [1.54, 1.807) is 0 Å². The van der Waals surface area contributed by atoms with Crippen LogP contribution in [0.15, 0.2) is 0 Å². The Bertz CT molecular complexity index is 556. The normalized spacial score (nSPS) is 11.4. The molecular weight excluding hydrogens is 611 g/mol. The van der Waals surface area contributed by atoms with Crippen molar-refractivity contribution in [2.75, 3.05) is 13.1 Å². The van der Waals surface area contributed by atoms with Gasteiger partial charge in [-0.2, -0.15) is 0 Å². The van der Waals surface area contributed by atoms with Crippen LogP contribution in [-0.2, 0) is 9.59 Å². The minimum Gasteiger partial charge on any atom is -0.310 e. The second-order valence-electron chi connectivity index (χ2n) is 16.2. The Balaban J connectivity index is 3.04. The number of hydrogen-bond acceptors (Lipinski definition) is 3. The lowest BCUT2D eigenvalue weighted by atomic mass is 10.0. The van der Waals surface area contributed by atoms with E-state index >= 15 is 0 Å². The van der Waals surface area contributed by atoms with Gasteiger partial charge < -0.3 is 14.9 Å². The van der Waals surface area contributed by atoms with Crippen LogP contribution in [0.3, 0.4) is 0 Å². The summed E-state index contributed by atoms with van der Waals surface area (Å²) in [5.74, 6) is 0. The molecule has 0 saturated carbocycles. The molecule has 0 aromatic rings. The summed E-state index contributed by atoms with van der Waals surface area (Å²) >= 11 is 0. The number of hydrogen-bond donors (Lipinski definition) is 1. The van der Waals surface area contributed by atoms with Crippen LogP contribution in [0, 0.1) is 0 Å². The maximum atomic E-state index is 10.3. The van der Waals surface area contributed by atoms with E-state index < -0.39 is 0 Å². The number of nitrogens with one attached hydrogen (secondary N) is 1. The van der Waals surface area contributed by atoms with Crippen LogP contribution in [0.4, 0.5) is 0 Å². The second kappa shape index (κ2) is 48.3. The summed E-state index contributed by atoms with van der Waals surface area (Å²) in [6.07, 6.45) is 62.8. The molecule has 0 amide bonds. The third-order valence-corrected chi connectivity index (χ3v) is 11.2. The Morgan fingerprint density at radius 2 is 0.400 bits per heavy atom. The van der Waals surface area contributed by atoms with Gasteiger partial charge in [-0.25, -0.2) is 0 Å². The van der Waals surface area contributed by atoms with Gasteiger partial charge >= 0.3 is 0 Å². The standard InChI is InChI=1S/C47H93NO2/c49-46-43-41-39-37-35-33-31-29-27-25-23-21-19-17-15-13-11-9-7-5-3-1-2-4-6-8-10-12-14-16-18-20-22-24-26-28-30-32-34-36-38-40-42-44-48-45-47-50/h46-48H,1-45H2. The van der Waals surface area contributed by atoms with Gasteiger partial charge in [0.25, 0.3) is 0 Å². The van der Waals surface area contributed by atoms with E-state index in [0.717, 1.165) is 32.0 Å². The third-order valence-electron chi connectivity index (χ3n) is 11.2. The van der Waals surface area contributed by atoms with Crippen LogP contribution >= 0.6 is 0 Å². The molecule has 0 aromatic heterocycles. The highest BCUT2D eigenvalue weighted by molar-refractivity contribution is 5.51. The predicted octanol–water partition coefficient (Wildman–Crippen LogP) is 15.7. The molecule has 0 fully saturated rings. The SMILES string of the molecule is O=CCCCCCCCCCCCCCCCCCCCCCCCCCCCCCCCCCCCCCCCCCCCCNCC=O. The van der Waals surface area contributed by atoms with Crippen molar-refractivity contribution < 1.29 is 9.59 Å². The molecule has 0 aliphatic carbocycles. The molecule has 0 heterocycles. The Morgan fingerprint density at radius 3 is 0.580 bits per heavy atom. The molecule has 0 bridgehead atoms. The molecule has 0 saturated heterocycles. The number of carbonyl (C=O) groups excluding carboxylic acids is 2. The Hall–Kier alpha value is -0.700. The van der Waals surface area contributed by atoms with Crippen molar-refractivity contribution in [2.45, 2.75) is 276 Å². The lowest BCUT2D eigenvalue weighted by Crippen LogP contribution is -2.17. The maximum Gasteiger partial charge on any atom is 0.133 e. The van der Waals surface area contributed by atoms with Crippen molar-refractivity contribution in [1.29, 1.82) is 0 Å². The average Bonchev–Trinajstić information content (AvgIpc) is 3.13. The number of rotatable bonds is 47. The van der Waals surface area contributed by atoms with Gasteiger partial charge in [0, 0.05) is 6.42 Å². The monoisotopic (exact) mass is 704 g/mol. The van der Waals surface area contributed by atoms with Gasteiger partial charge in [-0.05, 0) is 19.4 Å². The smallest absolute Gasteiger partial charge is 0.133 e. The zero-order valence-electron chi connectivity index (χ0n) is 34.3. The average molecular weight is 704 g/mol. The van der Waals surface area contributed by atoms with Crippen molar-refractivity contribution in [3.05, 3.63) is 0 Å². The topological polar surface area (TPSA) is 46.2 Å². The summed E-state index contributed by atoms with van der Waals surface area (Å²) in [7, 11) is 0. The number of aldehydes is 2. The van der Waals surface area contributed by atoms with Gasteiger partial charge in [-0.15, -0.1) is 0 Å². The summed E-state index contributed by atoms with van der Waals surface area (Å²) in [6, 6.07) is 0. The molecule has 1 N–H and O–H groups in total. The summed E-state index contributed by atoms with van der Waals surface area (Å²) < 4.78 is 0. The van der Waals surface area contributed by atoms with E-state index in [0.29, 0.717) is 6.54 Å². The van der Waals surface area contributed by atoms with Crippen LogP contribution in [0.5, 0.6) is 0 Å². The van der Waals surface area contributed by atoms with Gasteiger partial charge in [0.15, 0.2) is 0 Å². The fraction of sp³-hybridized carbons (Fsp3) is 0.957. The molecule has 0 radical (unpaired) electrons. The first-order chi connectivity index (χ1) is 24.9. The van der Waals surface area contributed by atoms with E-state index in [4.69, 9.17) is 0 Å². The highest BCUT2D eigenvalue weighted by Crippen LogP contribution is 2.18. The highest BCUT2D eigenvalue weighted by atomic mass is 16.1. The molecule has 0 atom stereocenters. The van der Waals surface area contributed by atoms with Gasteiger partial charge in [0.1, 0.15) is 12.6 Å². The van der Waals surface area contributed by atoms with Crippen molar-refractivity contribution in [1.82, 2.24) is 5.32 Å². The Labute approximate surface area is 315 Å². The van der Waals surface area contributed by atoms with Crippen LogP contribution in [-0.4, -0.2) is 25.7 Å². The fourth-order valence-corrected chi connectivity index (χ4v) is 7.71. The molecule has 3 nitrogen and oxygen atoms in total. The number of unbranched alkanes of at least 4 members (excludes halogenated alkanes) is 42. The van der Waals surface area contributed by atoms with E-state index in [1.165, 1.54) is 263 Å². The molecule has 0 aromatic carbocycles. The van der Waals surface area contributed by atoms with Crippen LogP contribution in [0.25, 0.3) is 0 Å².